The molecule has 0 bridgehead atoms. The fourth-order valence-corrected chi connectivity index (χ4v) is 5.21. The Morgan fingerprint density at radius 3 is 2.57 bits per heavy atom. The van der Waals surface area contributed by atoms with Gasteiger partial charge in [0.15, 0.2) is 0 Å². The highest BCUT2D eigenvalue weighted by Gasteiger charge is 2.37. The number of ether oxygens (including phenoxy) is 1. The lowest BCUT2D eigenvalue weighted by Crippen LogP contribution is -2.43. The summed E-state index contributed by atoms with van der Waals surface area (Å²) in [4.78, 5) is 2.35. The Labute approximate surface area is 164 Å². The van der Waals surface area contributed by atoms with E-state index in [1.54, 1.807) is 12.1 Å². The van der Waals surface area contributed by atoms with E-state index in [0.717, 1.165) is 48.4 Å². The quantitative estimate of drug-likeness (QED) is 0.834. The van der Waals surface area contributed by atoms with E-state index in [9.17, 15) is 14.6 Å². The van der Waals surface area contributed by atoms with Crippen molar-refractivity contribution in [2.75, 3.05) is 19.7 Å². The van der Waals surface area contributed by atoms with Gasteiger partial charge >= 0.3 is 0 Å². The predicted molar refractivity (Wildman–Crippen MR) is 104 cm³/mol. The molecule has 3 unspecified atom stereocenters. The Kier molecular flexibility index (Phi) is 4.62. The zero-order valence-corrected chi connectivity index (χ0v) is 15.9. The number of hydrogen-bond acceptors (Lipinski definition) is 4. The highest BCUT2D eigenvalue weighted by Crippen LogP contribution is 2.43. The minimum atomic E-state index is -0.546. The Morgan fingerprint density at radius 2 is 1.75 bits per heavy atom. The van der Waals surface area contributed by atoms with Gasteiger partial charge in [-0.05, 0) is 67.1 Å². The monoisotopic (exact) mass is 383 g/mol. The van der Waals surface area contributed by atoms with Gasteiger partial charge in [0.2, 0.25) is 0 Å². The normalized spacial score (nSPS) is 27.9. The molecule has 2 aromatic rings. The van der Waals surface area contributed by atoms with Crippen molar-refractivity contribution >= 4 is 0 Å². The standard InChI is InChI=1S/C23H26FNO3/c24-16-4-5-17-15(12-16)13-20(22(17)27)25-9-6-14(7-10-25)18-2-1-3-19-21(26)8-11-28-23(18)19/h1-5,12,14,20-22,26-27H,6-11,13H2. The maximum absolute atomic E-state index is 13.5. The van der Waals surface area contributed by atoms with Crippen LogP contribution in [0.1, 0.15) is 59.6 Å². The minimum Gasteiger partial charge on any atom is -0.493 e. The second-order valence-electron chi connectivity index (χ2n) is 8.29. The van der Waals surface area contributed by atoms with Crippen molar-refractivity contribution in [3.8, 4) is 5.75 Å². The summed E-state index contributed by atoms with van der Waals surface area (Å²) in [6.45, 7) is 2.36. The van der Waals surface area contributed by atoms with Crippen molar-refractivity contribution in [3.05, 3.63) is 64.5 Å². The predicted octanol–water partition coefficient (Wildman–Crippen LogP) is 3.48. The molecule has 4 nitrogen and oxygen atoms in total. The number of rotatable bonds is 2. The molecule has 5 heteroatoms. The van der Waals surface area contributed by atoms with Crippen LogP contribution in [0.2, 0.25) is 0 Å². The zero-order chi connectivity index (χ0) is 19.3. The average Bonchev–Trinajstić information content (AvgIpc) is 3.04. The fourth-order valence-electron chi connectivity index (χ4n) is 5.21. The molecule has 2 aromatic carbocycles. The second kappa shape index (κ2) is 7.14. The van der Waals surface area contributed by atoms with Crippen LogP contribution in [0.25, 0.3) is 0 Å². The molecule has 148 valence electrons. The van der Waals surface area contributed by atoms with Crippen LogP contribution in [0, 0.1) is 5.82 Å². The summed E-state index contributed by atoms with van der Waals surface area (Å²) in [6.07, 6.45) is 2.35. The fraction of sp³-hybridized carbons (Fsp3) is 0.478. The number of fused-ring (bicyclic) bond motifs is 2. The number of nitrogens with zero attached hydrogens (tertiary/aromatic N) is 1. The van der Waals surface area contributed by atoms with Crippen LogP contribution in [0.15, 0.2) is 36.4 Å². The van der Waals surface area contributed by atoms with Crippen molar-refractivity contribution in [3.63, 3.8) is 0 Å². The third kappa shape index (κ3) is 3.02. The van der Waals surface area contributed by atoms with Gasteiger partial charge in [0.05, 0.1) is 18.8 Å². The van der Waals surface area contributed by atoms with Gasteiger partial charge in [0.1, 0.15) is 11.6 Å². The van der Waals surface area contributed by atoms with Gasteiger partial charge in [-0.2, -0.15) is 0 Å². The molecule has 2 heterocycles. The van der Waals surface area contributed by atoms with Crippen molar-refractivity contribution in [2.45, 2.75) is 49.9 Å². The summed E-state index contributed by atoms with van der Waals surface area (Å²) in [5.74, 6) is 1.04. The van der Waals surface area contributed by atoms with E-state index >= 15 is 0 Å². The largest absolute Gasteiger partial charge is 0.493 e. The van der Waals surface area contributed by atoms with Gasteiger partial charge < -0.3 is 14.9 Å². The van der Waals surface area contributed by atoms with Crippen molar-refractivity contribution in [1.82, 2.24) is 4.90 Å². The van der Waals surface area contributed by atoms with Crippen LogP contribution < -0.4 is 4.74 Å². The van der Waals surface area contributed by atoms with E-state index in [0.29, 0.717) is 25.4 Å². The first kappa shape index (κ1) is 18.1. The minimum absolute atomic E-state index is 0.0283. The number of benzene rings is 2. The summed E-state index contributed by atoms with van der Waals surface area (Å²) in [6, 6.07) is 10.9. The van der Waals surface area contributed by atoms with Crippen molar-refractivity contribution in [1.29, 1.82) is 0 Å². The topological polar surface area (TPSA) is 52.9 Å². The summed E-state index contributed by atoms with van der Waals surface area (Å²) in [7, 11) is 0. The van der Waals surface area contributed by atoms with Crippen molar-refractivity contribution < 1.29 is 19.3 Å². The molecule has 3 atom stereocenters. The lowest BCUT2D eigenvalue weighted by Gasteiger charge is -2.38. The average molecular weight is 383 g/mol. The van der Waals surface area contributed by atoms with E-state index < -0.39 is 12.2 Å². The Bertz CT molecular complexity index is 878. The van der Waals surface area contributed by atoms with E-state index in [1.165, 1.54) is 11.6 Å². The van der Waals surface area contributed by atoms with Crippen LogP contribution in [0.3, 0.4) is 0 Å². The molecule has 0 amide bonds. The molecular formula is C23H26FNO3. The summed E-state index contributed by atoms with van der Waals surface area (Å²) in [5, 5.41) is 21.0. The maximum Gasteiger partial charge on any atom is 0.128 e. The summed E-state index contributed by atoms with van der Waals surface area (Å²) < 4.78 is 19.5. The molecule has 5 rings (SSSR count). The molecule has 2 N–H and O–H groups in total. The van der Waals surface area contributed by atoms with E-state index in [2.05, 4.69) is 11.0 Å². The molecular weight excluding hydrogens is 357 g/mol. The Balaban J connectivity index is 1.30. The molecule has 0 radical (unpaired) electrons. The number of para-hydroxylation sites is 1. The molecule has 0 saturated carbocycles. The molecule has 28 heavy (non-hydrogen) atoms. The van der Waals surface area contributed by atoms with Gasteiger partial charge in [0.25, 0.3) is 0 Å². The third-order valence-corrected chi connectivity index (χ3v) is 6.73. The number of aliphatic hydroxyl groups is 2. The third-order valence-electron chi connectivity index (χ3n) is 6.73. The number of likely N-dealkylation sites (tertiary alicyclic amines) is 1. The zero-order valence-electron chi connectivity index (χ0n) is 15.9. The molecule has 3 aliphatic rings. The maximum atomic E-state index is 13.5. The lowest BCUT2D eigenvalue weighted by atomic mass is 9.85. The van der Waals surface area contributed by atoms with Gasteiger partial charge in [-0.3, -0.25) is 4.90 Å². The smallest absolute Gasteiger partial charge is 0.128 e. The van der Waals surface area contributed by atoms with Gasteiger partial charge in [-0.25, -0.2) is 4.39 Å². The Morgan fingerprint density at radius 1 is 0.964 bits per heavy atom. The number of piperidine rings is 1. The first-order chi connectivity index (χ1) is 13.6. The molecule has 0 aromatic heterocycles. The number of halogens is 1. The van der Waals surface area contributed by atoms with Crippen LogP contribution in [-0.2, 0) is 6.42 Å². The van der Waals surface area contributed by atoms with Crippen LogP contribution >= 0.6 is 0 Å². The van der Waals surface area contributed by atoms with Gasteiger partial charge in [0, 0.05) is 18.0 Å². The highest BCUT2D eigenvalue weighted by molar-refractivity contribution is 5.46. The van der Waals surface area contributed by atoms with E-state index in [-0.39, 0.29) is 11.9 Å². The van der Waals surface area contributed by atoms with Crippen LogP contribution in [-0.4, -0.2) is 40.9 Å². The first-order valence-corrected chi connectivity index (χ1v) is 10.3. The van der Waals surface area contributed by atoms with Gasteiger partial charge in [-0.15, -0.1) is 0 Å². The Hall–Kier alpha value is -1.95. The second-order valence-corrected chi connectivity index (χ2v) is 8.29. The molecule has 1 fully saturated rings. The highest BCUT2D eigenvalue weighted by atomic mass is 19.1. The van der Waals surface area contributed by atoms with Gasteiger partial charge in [-0.1, -0.05) is 24.3 Å². The molecule has 0 spiro atoms. The summed E-state index contributed by atoms with van der Waals surface area (Å²) in [5.41, 5.74) is 3.91. The first-order valence-electron chi connectivity index (χ1n) is 10.3. The molecule has 1 aliphatic carbocycles. The molecule has 2 aliphatic heterocycles. The van der Waals surface area contributed by atoms with E-state index in [1.807, 2.05) is 12.1 Å². The van der Waals surface area contributed by atoms with Crippen LogP contribution in [0.5, 0.6) is 5.75 Å². The van der Waals surface area contributed by atoms with E-state index in [4.69, 9.17) is 4.74 Å². The lowest BCUT2D eigenvalue weighted by molar-refractivity contribution is 0.0453. The number of aliphatic hydroxyl groups excluding tert-OH is 2. The molecule has 1 saturated heterocycles. The van der Waals surface area contributed by atoms with Crippen molar-refractivity contribution in [2.24, 2.45) is 0 Å². The number of hydrogen-bond donors (Lipinski definition) is 2. The van der Waals surface area contributed by atoms with Crippen LogP contribution in [0.4, 0.5) is 4.39 Å². The summed E-state index contributed by atoms with van der Waals surface area (Å²) >= 11 is 0. The SMILES string of the molecule is OC1CCOc2c1cccc2C1CCN(C2Cc3cc(F)ccc3C2O)CC1.